The molecule has 0 unspecified atom stereocenters. The Morgan fingerprint density at radius 3 is 2.33 bits per heavy atom. The third-order valence-electron chi connectivity index (χ3n) is 2.00. The molecule has 8 heteroatoms. The Hall–Kier alpha value is -2.09. The van der Waals surface area contributed by atoms with Crippen molar-refractivity contribution in [3.63, 3.8) is 0 Å². The van der Waals surface area contributed by atoms with Crippen molar-refractivity contribution in [1.82, 2.24) is 19.9 Å². The quantitative estimate of drug-likeness (QED) is 0.553. The number of aromatic nitrogens is 4. The summed E-state index contributed by atoms with van der Waals surface area (Å²) < 4.78 is 0. The van der Waals surface area contributed by atoms with Gasteiger partial charge in [-0.15, -0.1) is 0 Å². The van der Waals surface area contributed by atoms with Crippen LogP contribution < -0.4 is 16.8 Å². The molecule has 0 spiro atoms. The highest BCUT2D eigenvalue weighted by atomic mass is 32.2. The van der Waals surface area contributed by atoms with E-state index in [1.165, 1.54) is 17.8 Å². The topological polar surface area (TPSA) is 116 Å². The third-order valence-corrected chi connectivity index (χ3v) is 2.78. The van der Waals surface area contributed by atoms with Crippen LogP contribution in [-0.2, 0) is 0 Å². The van der Waals surface area contributed by atoms with Crippen molar-refractivity contribution in [2.75, 3.05) is 23.8 Å². The highest BCUT2D eigenvalue weighted by Crippen LogP contribution is 2.25. The van der Waals surface area contributed by atoms with Crippen LogP contribution in [0, 0.1) is 6.92 Å². The van der Waals surface area contributed by atoms with Crippen LogP contribution in [0.2, 0.25) is 0 Å². The predicted molar refractivity (Wildman–Crippen MR) is 71.3 cm³/mol. The molecule has 94 valence electrons. The monoisotopic (exact) mass is 263 g/mol. The van der Waals surface area contributed by atoms with Gasteiger partial charge >= 0.3 is 0 Å². The van der Waals surface area contributed by atoms with Gasteiger partial charge < -0.3 is 16.8 Å². The zero-order chi connectivity index (χ0) is 13.1. The van der Waals surface area contributed by atoms with Crippen LogP contribution in [0.5, 0.6) is 0 Å². The molecule has 2 heterocycles. The SMILES string of the molecule is CNc1nc(C)cc(Sc2nc(N)cc(N)n2)n1. The lowest BCUT2D eigenvalue weighted by Crippen LogP contribution is -2.01. The summed E-state index contributed by atoms with van der Waals surface area (Å²) in [5.74, 6) is 1.23. The minimum atomic E-state index is 0.338. The second-order valence-electron chi connectivity index (χ2n) is 3.52. The standard InChI is InChI=1S/C10H13N7S/c1-5-3-8(17-9(13-2)14-5)18-10-15-6(11)4-7(12)16-10/h3-4H,1-2H3,(H,13,14,17)(H4,11,12,15,16). The highest BCUT2D eigenvalue weighted by molar-refractivity contribution is 7.99. The molecular weight excluding hydrogens is 250 g/mol. The lowest BCUT2D eigenvalue weighted by Gasteiger charge is -2.05. The van der Waals surface area contributed by atoms with Crippen molar-refractivity contribution < 1.29 is 0 Å². The Balaban J connectivity index is 2.30. The molecule has 0 saturated heterocycles. The van der Waals surface area contributed by atoms with Crippen LogP contribution in [0.25, 0.3) is 0 Å². The molecule has 0 aromatic carbocycles. The summed E-state index contributed by atoms with van der Waals surface area (Å²) in [5, 5.41) is 4.09. The summed E-state index contributed by atoms with van der Waals surface area (Å²) in [7, 11) is 1.76. The number of nitrogens with one attached hydrogen (secondary N) is 1. The molecule has 2 rings (SSSR count). The first-order valence-corrected chi connectivity index (χ1v) is 6.00. The Morgan fingerprint density at radius 1 is 1.06 bits per heavy atom. The predicted octanol–water partition coefficient (Wildman–Crippen LogP) is 0.932. The average Bonchev–Trinajstić information content (AvgIpc) is 2.26. The van der Waals surface area contributed by atoms with E-state index in [4.69, 9.17) is 11.5 Å². The van der Waals surface area contributed by atoms with Gasteiger partial charge in [0.1, 0.15) is 16.7 Å². The Morgan fingerprint density at radius 2 is 1.72 bits per heavy atom. The zero-order valence-corrected chi connectivity index (χ0v) is 10.8. The molecule has 0 fully saturated rings. The van der Waals surface area contributed by atoms with E-state index in [1.807, 2.05) is 13.0 Å². The van der Waals surface area contributed by atoms with E-state index in [-0.39, 0.29) is 0 Å². The first-order chi connectivity index (χ1) is 8.56. The van der Waals surface area contributed by atoms with Crippen molar-refractivity contribution in [3.05, 3.63) is 17.8 Å². The van der Waals surface area contributed by atoms with Crippen LogP contribution in [0.4, 0.5) is 17.6 Å². The highest BCUT2D eigenvalue weighted by Gasteiger charge is 2.07. The molecule has 0 bridgehead atoms. The molecule has 0 saturated carbocycles. The first-order valence-electron chi connectivity index (χ1n) is 5.18. The number of hydrogen-bond acceptors (Lipinski definition) is 8. The van der Waals surface area contributed by atoms with E-state index in [2.05, 4.69) is 25.3 Å². The minimum absolute atomic E-state index is 0.338. The number of nitrogens with zero attached hydrogens (tertiary/aromatic N) is 4. The normalized spacial score (nSPS) is 10.3. The minimum Gasteiger partial charge on any atom is -0.383 e. The molecule has 0 amide bonds. The lowest BCUT2D eigenvalue weighted by molar-refractivity contribution is 0.963. The van der Waals surface area contributed by atoms with Crippen molar-refractivity contribution in [2.24, 2.45) is 0 Å². The maximum Gasteiger partial charge on any atom is 0.223 e. The Bertz CT molecular complexity index is 552. The van der Waals surface area contributed by atoms with Crippen LogP contribution >= 0.6 is 11.8 Å². The fourth-order valence-electron chi connectivity index (χ4n) is 1.30. The largest absolute Gasteiger partial charge is 0.383 e. The van der Waals surface area contributed by atoms with E-state index in [0.29, 0.717) is 22.7 Å². The zero-order valence-electron chi connectivity index (χ0n) is 10.0. The summed E-state index contributed by atoms with van der Waals surface area (Å²) in [5.41, 5.74) is 12.1. The van der Waals surface area contributed by atoms with Gasteiger partial charge in [-0.2, -0.15) is 0 Å². The van der Waals surface area contributed by atoms with E-state index in [1.54, 1.807) is 7.05 Å². The maximum absolute atomic E-state index is 5.61. The van der Waals surface area contributed by atoms with Gasteiger partial charge in [-0.05, 0) is 24.8 Å². The van der Waals surface area contributed by atoms with Gasteiger partial charge in [0.25, 0.3) is 0 Å². The average molecular weight is 263 g/mol. The molecule has 0 aliphatic carbocycles. The number of rotatable bonds is 3. The summed E-state index contributed by atoms with van der Waals surface area (Å²) in [6.45, 7) is 1.89. The lowest BCUT2D eigenvalue weighted by atomic mass is 10.5. The number of aryl methyl sites for hydroxylation is 1. The summed E-state index contributed by atoms with van der Waals surface area (Å²) in [6, 6.07) is 3.35. The van der Waals surface area contributed by atoms with Crippen LogP contribution in [-0.4, -0.2) is 27.0 Å². The van der Waals surface area contributed by atoms with Gasteiger partial charge in [0.2, 0.25) is 5.95 Å². The van der Waals surface area contributed by atoms with Gasteiger partial charge in [-0.3, -0.25) is 0 Å². The van der Waals surface area contributed by atoms with Gasteiger partial charge in [-0.25, -0.2) is 19.9 Å². The molecule has 5 N–H and O–H groups in total. The molecule has 0 radical (unpaired) electrons. The second kappa shape index (κ2) is 5.05. The number of nitrogen functional groups attached to an aromatic ring is 2. The van der Waals surface area contributed by atoms with Crippen molar-refractivity contribution in [2.45, 2.75) is 17.1 Å². The molecule has 0 aliphatic rings. The molecule has 7 nitrogen and oxygen atoms in total. The summed E-state index contributed by atoms with van der Waals surface area (Å²) in [6.07, 6.45) is 0. The molecule has 18 heavy (non-hydrogen) atoms. The van der Waals surface area contributed by atoms with Crippen molar-refractivity contribution >= 4 is 29.3 Å². The fraction of sp³-hybridized carbons (Fsp3) is 0.200. The van der Waals surface area contributed by atoms with Crippen LogP contribution in [0.1, 0.15) is 5.69 Å². The van der Waals surface area contributed by atoms with Crippen LogP contribution in [0.15, 0.2) is 22.3 Å². The van der Waals surface area contributed by atoms with Crippen LogP contribution in [0.3, 0.4) is 0 Å². The maximum atomic E-state index is 5.61. The van der Waals surface area contributed by atoms with Gasteiger partial charge in [0, 0.05) is 18.8 Å². The number of nitrogens with two attached hydrogens (primary N) is 2. The van der Waals surface area contributed by atoms with Gasteiger partial charge in [0.05, 0.1) is 0 Å². The van der Waals surface area contributed by atoms with Crippen molar-refractivity contribution in [1.29, 1.82) is 0 Å². The Labute approximate surface area is 108 Å². The molecule has 0 aliphatic heterocycles. The second-order valence-corrected chi connectivity index (χ2v) is 4.51. The first kappa shape index (κ1) is 12.4. The molecule has 2 aromatic heterocycles. The molecule has 0 atom stereocenters. The summed E-state index contributed by atoms with van der Waals surface area (Å²) >= 11 is 1.29. The number of anilines is 3. The fourth-order valence-corrected chi connectivity index (χ4v) is 2.16. The van der Waals surface area contributed by atoms with E-state index in [0.717, 1.165) is 10.7 Å². The van der Waals surface area contributed by atoms with Crippen molar-refractivity contribution in [3.8, 4) is 0 Å². The van der Waals surface area contributed by atoms with E-state index < -0.39 is 0 Å². The molecule has 2 aromatic rings. The Kier molecular flexibility index (Phi) is 3.47. The van der Waals surface area contributed by atoms with E-state index in [9.17, 15) is 0 Å². The summed E-state index contributed by atoms with van der Waals surface area (Å²) in [4.78, 5) is 16.7. The van der Waals surface area contributed by atoms with Gasteiger partial charge in [-0.1, -0.05) is 0 Å². The molecular formula is C10H13N7S. The van der Waals surface area contributed by atoms with Gasteiger partial charge in [0.15, 0.2) is 5.16 Å². The van der Waals surface area contributed by atoms with E-state index >= 15 is 0 Å². The number of hydrogen-bond donors (Lipinski definition) is 3. The third kappa shape index (κ3) is 2.98. The smallest absolute Gasteiger partial charge is 0.223 e.